The van der Waals surface area contributed by atoms with Crippen LogP contribution < -0.4 is 11.1 Å². The highest BCUT2D eigenvalue weighted by Gasteiger charge is 2.17. The molecule has 0 radical (unpaired) electrons. The number of nitrogens with zero attached hydrogens (tertiary/aromatic N) is 1. The largest absolute Gasteiger partial charge is 0.395 e. The Morgan fingerprint density at radius 2 is 2.00 bits per heavy atom. The Kier molecular flexibility index (Phi) is 3.88. The van der Waals surface area contributed by atoms with Crippen molar-refractivity contribution >= 4 is 17.3 Å². The van der Waals surface area contributed by atoms with Crippen LogP contribution in [0.2, 0.25) is 0 Å². The highest BCUT2D eigenvalue weighted by molar-refractivity contribution is 5.85. The number of anilines is 2. The van der Waals surface area contributed by atoms with Gasteiger partial charge in [-0.15, -0.1) is 0 Å². The number of carbonyl (C=O) groups is 1. The van der Waals surface area contributed by atoms with Crippen LogP contribution in [0.25, 0.3) is 0 Å². The molecule has 0 saturated carbocycles. The Labute approximate surface area is 98.4 Å². The van der Waals surface area contributed by atoms with Gasteiger partial charge in [0.15, 0.2) is 5.82 Å². The fourth-order valence-electron chi connectivity index (χ4n) is 1.39. The Bertz CT molecular complexity index is 435. The summed E-state index contributed by atoms with van der Waals surface area (Å²) in [6.45, 7) is 1.59. The van der Waals surface area contributed by atoms with Gasteiger partial charge in [-0.25, -0.2) is 8.78 Å². The zero-order valence-electron chi connectivity index (χ0n) is 9.92. The SMILES string of the molecule is CC(Nc1cc(F)cc(F)c1N)C(=O)N(C)C. The third kappa shape index (κ3) is 3.05. The molecule has 0 bridgehead atoms. The zero-order valence-corrected chi connectivity index (χ0v) is 9.92. The fourth-order valence-corrected chi connectivity index (χ4v) is 1.39. The molecular formula is C11H15F2N3O. The first-order chi connectivity index (χ1) is 7.82. The van der Waals surface area contributed by atoms with Crippen molar-refractivity contribution in [2.75, 3.05) is 25.1 Å². The van der Waals surface area contributed by atoms with Crippen LogP contribution >= 0.6 is 0 Å². The van der Waals surface area contributed by atoms with Gasteiger partial charge in [-0.3, -0.25) is 4.79 Å². The fraction of sp³-hybridized carbons (Fsp3) is 0.364. The van der Waals surface area contributed by atoms with E-state index in [9.17, 15) is 13.6 Å². The molecule has 4 nitrogen and oxygen atoms in total. The first-order valence-corrected chi connectivity index (χ1v) is 5.05. The van der Waals surface area contributed by atoms with E-state index in [1.54, 1.807) is 21.0 Å². The highest BCUT2D eigenvalue weighted by Crippen LogP contribution is 2.24. The van der Waals surface area contributed by atoms with Crippen molar-refractivity contribution < 1.29 is 13.6 Å². The van der Waals surface area contributed by atoms with Crippen LogP contribution in [0, 0.1) is 11.6 Å². The molecule has 3 N–H and O–H groups in total. The second-order valence-corrected chi connectivity index (χ2v) is 3.95. The predicted octanol–water partition coefficient (Wildman–Crippen LogP) is 1.44. The van der Waals surface area contributed by atoms with Crippen LogP contribution in [0.5, 0.6) is 0 Å². The van der Waals surface area contributed by atoms with Gasteiger partial charge in [-0.2, -0.15) is 0 Å². The molecule has 1 aromatic carbocycles. The Morgan fingerprint density at radius 1 is 1.41 bits per heavy atom. The van der Waals surface area contributed by atoms with Crippen molar-refractivity contribution in [1.29, 1.82) is 0 Å². The molecule has 0 aliphatic carbocycles. The van der Waals surface area contributed by atoms with Crippen molar-refractivity contribution in [3.8, 4) is 0 Å². The van der Waals surface area contributed by atoms with Crippen LogP contribution in [-0.2, 0) is 4.79 Å². The molecule has 17 heavy (non-hydrogen) atoms. The molecule has 0 spiro atoms. The number of likely N-dealkylation sites (N-methyl/N-ethyl adjacent to an activating group) is 1. The van der Waals surface area contributed by atoms with Gasteiger partial charge in [0, 0.05) is 20.2 Å². The average molecular weight is 243 g/mol. The minimum absolute atomic E-state index is 0.0743. The van der Waals surface area contributed by atoms with E-state index in [0.29, 0.717) is 6.07 Å². The lowest BCUT2D eigenvalue weighted by Crippen LogP contribution is -2.36. The van der Waals surface area contributed by atoms with Crippen LogP contribution in [0.3, 0.4) is 0 Å². The quantitative estimate of drug-likeness (QED) is 0.790. The third-order valence-electron chi connectivity index (χ3n) is 2.28. The van der Waals surface area contributed by atoms with E-state index in [0.717, 1.165) is 6.07 Å². The van der Waals surface area contributed by atoms with Crippen molar-refractivity contribution in [3.05, 3.63) is 23.8 Å². The van der Waals surface area contributed by atoms with Gasteiger partial charge in [0.05, 0.1) is 11.4 Å². The summed E-state index contributed by atoms with van der Waals surface area (Å²) in [7, 11) is 3.19. The summed E-state index contributed by atoms with van der Waals surface area (Å²) >= 11 is 0. The molecule has 0 heterocycles. The van der Waals surface area contributed by atoms with E-state index in [1.165, 1.54) is 4.90 Å². The van der Waals surface area contributed by atoms with Crippen molar-refractivity contribution in [2.24, 2.45) is 0 Å². The second kappa shape index (κ2) is 4.99. The molecule has 1 unspecified atom stereocenters. The summed E-state index contributed by atoms with van der Waals surface area (Å²) < 4.78 is 26.1. The lowest BCUT2D eigenvalue weighted by atomic mass is 10.2. The minimum Gasteiger partial charge on any atom is -0.395 e. The minimum atomic E-state index is -0.850. The van der Waals surface area contributed by atoms with Crippen molar-refractivity contribution in [3.63, 3.8) is 0 Å². The highest BCUT2D eigenvalue weighted by atomic mass is 19.1. The number of nitrogen functional groups attached to an aromatic ring is 1. The Hall–Kier alpha value is -1.85. The number of benzene rings is 1. The zero-order chi connectivity index (χ0) is 13.2. The molecule has 0 saturated heterocycles. The molecule has 6 heteroatoms. The molecular weight excluding hydrogens is 228 g/mol. The number of nitrogens with two attached hydrogens (primary N) is 1. The number of amides is 1. The standard InChI is InChI=1S/C11H15F2N3O/c1-6(11(17)16(2)3)15-9-5-7(12)4-8(13)10(9)14/h4-6,15H,14H2,1-3H3. The number of hydrogen-bond donors (Lipinski definition) is 2. The summed E-state index contributed by atoms with van der Waals surface area (Å²) in [6.07, 6.45) is 0. The van der Waals surface area contributed by atoms with Gasteiger partial charge in [0.1, 0.15) is 11.9 Å². The monoisotopic (exact) mass is 243 g/mol. The van der Waals surface area contributed by atoms with Crippen LogP contribution in [0.4, 0.5) is 20.2 Å². The molecule has 1 rings (SSSR count). The van der Waals surface area contributed by atoms with Gasteiger partial charge in [-0.1, -0.05) is 0 Å². The number of nitrogens with one attached hydrogen (secondary N) is 1. The molecule has 0 aromatic heterocycles. The molecule has 1 amide bonds. The Balaban J connectivity index is 2.92. The molecule has 1 atom stereocenters. The van der Waals surface area contributed by atoms with Gasteiger partial charge >= 0.3 is 0 Å². The predicted molar refractivity (Wildman–Crippen MR) is 62.5 cm³/mol. The maximum Gasteiger partial charge on any atom is 0.244 e. The number of carbonyl (C=O) groups excluding carboxylic acids is 1. The normalized spacial score (nSPS) is 12.1. The van der Waals surface area contributed by atoms with E-state index >= 15 is 0 Å². The summed E-state index contributed by atoms with van der Waals surface area (Å²) in [5, 5.41) is 2.68. The van der Waals surface area contributed by atoms with Crippen molar-refractivity contribution in [1.82, 2.24) is 4.90 Å². The van der Waals surface area contributed by atoms with E-state index in [4.69, 9.17) is 5.73 Å². The van der Waals surface area contributed by atoms with Crippen LogP contribution in [-0.4, -0.2) is 30.9 Å². The maximum atomic E-state index is 13.1. The molecule has 94 valence electrons. The number of halogens is 2. The summed E-state index contributed by atoms with van der Waals surface area (Å²) in [6, 6.07) is 1.13. The van der Waals surface area contributed by atoms with Gasteiger partial charge in [-0.05, 0) is 13.0 Å². The summed E-state index contributed by atoms with van der Waals surface area (Å²) in [5.74, 6) is -1.81. The lowest BCUT2D eigenvalue weighted by molar-refractivity contribution is -0.129. The third-order valence-corrected chi connectivity index (χ3v) is 2.28. The topological polar surface area (TPSA) is 58.4 Å². The van der Waals surface area contributed by atoms with E-state index in [1.807, 2.05) is 0 Å². The molecule has 0 aliphatic rings. The summed E-state index contributed by atoms with van der Waals surface area (Å²) in [5.41, 5.74) is 5.32. The summed E-state index contributed by atoms with van der Waals surface area (Å²) in [4.78, 5) is 12.9. The lowest BCUT2D eigenvalue weighted by Gasteiger charge is -2.20. The first-order valence-electron chi connectivity index (χ1n) is 5.05. The average Bonchev–Trinajstić information content (AvgIpc) is 2.23. The van der Waals surface area contributed by atoms with Gasteiger partial charge < -0.3 is 16.0 Å². The number of hydrogen-bond acceptors (Lipinski definition) is 3. The molecule has 1 aromatic rings. The second-order valence-electron chi connectivity index (χ2n) is 3.95. The smallest absolute Gasteiger partial charge is 0.244 e. The molecule has 0 aliphatic heterocycles. The van der Waals surface area contributed by atoms with Gasteiger partial charge in [0.2, 0.25) is 5.91 Å². The Morgan fingerprint density at radius 3 is 2.53 bits per heavy atom. The van der Waals surface area contributed by atoms with Crippen LogP contribution in [0.1, 0.15) is 6.92 Å². The van der Waals surface area contributed by atoms with Gasteiger partial charge in [0.25, 0.3) is 0 Å². The first kappa shape index (κ1) is 13.2. The number of rotatable bonds is 3. The van der Waals surface area contributed by atoms with Crippen molar-refractivity contribution in [2.45, 2.75) is 13.0 Å². The molecule has 0 fully saturated rings. The van der Waals surface area contributed by atoms with E-state index in [-0.39, 0.29) is 17.3 Å². The maximum absolute atomic E-state index is 13.1. The van der Waals surface area contributed by atoms with E-state index in [2.05, 4.69) is 5.32 Å². The van der Waals surface area contributed by atoms with Crippen LogP contribution in [0.15, 0.2) is 12.1 Å². The van der Waals surface area contributed by atoms with E-state index < -0.39 is 17.7 Å².